The fourth-order valence-electron chi connectivity index (χ4n) is 7.60. The lowest BCUT2D eigenvalue weighted by Crippen LogP contribution is -2.10. The second-order valence-corrected chi connectivity index (χ2v) is 12.8. The Morgan fingerprint density at radius 2 is 1.10 bits per heavy atom. The molecule has 10 rings (SSSR count). The number of hydrogen-bond donors (Lipinski definition) is 0. The summed E-state index contributed by atoms with van der Waals surface area (Å²) in [7, 11) is 0. The molecular weight excluding hydrogens is 609 g/mol. The summed E-state index contributed by atoms with van der Waals surface area (Å²) in [5.74, 6) is 0. The summed E-state index contributed by atoms with van der Waals surface area (Å²) in [6, 6.07) is 60.8. The molecule has 0 radical (unpaired) electrons. The Hall–Kier alpha value is -6.71. The Kier molecular flexibility index (Phi) is 6.49. The summed E-state index contributed by atoms with van der Waals surface area (Å²) in [6.07, 6.45) is 3.68. The van der Waals surface area contributed by atoms with Crippen molar-refractivity contribution in [3.05, 3.63) is 182 Å². The van der Waals surface area contributed by atoms with Gasteiger partial charge in [0.1, 0.15) is 11.2 Å². The molecule has 0 aliphatic rings. The van der Waals surface area contributed by atoms with Gasteiger partial charge in [0.05, 0.1) is 11.1 Å². The van der Waals surface area contributed by atoms with Crippen LogP contribution < -0.4 is 4.90 Å². The number of nitrogens with zero attached hydrogens (tertiary/aromatic N) is 2. The molecule has 0 amide bonds. The van der Waals surface area contributed by atoms with Crippen LogP contribution >= 0.6 is 0 Å². The molecule has 0 saturated heterocycles. The minimum absolute atomic E-state index is 0.826. The van der Waals surface area contributed by atoms with Crippen LogP contribution in [0.4, 0.5) is 17.1 Å². The number of pyridine rings is 1. The van der Waals surface area contributed by atoms with E-state index in [4.69, 9.17) is 4.42 Å². The normalized spacial score (nSPS) is 11.6. The number of hydrogen-bond acceptors (Lipinski definition) is 3. The summed E-state index contributed by atoms with van der Waals surface area (Å²) in [5, 5.41) is 9.61. The second kappa shape index (κ2) is 11.5. The maximum absolute atomic E-state index is 6.31. The highest BCUT2D eigenvalue weighted by atomic mass is 16.3. The van der Waals surface area contributed by atoms with Crippen molar-refractivity contribution in [2.45, 2.75) is 0 Å². The van der Waals surface area contributed by atoms with Crippen molar-refractivity contribution in [2.75, 3.05) is 4.90 Å². The van der Waals surface area contributed by atoms with E-state index < -0.39 is 0 Å². The molecule has 0 N–H and O–H groups in total. The minimum atomic E-state index is 0.826. The molecule has 10 aromatic rings. The topological polar surface area (TPSA) is 29.3 Å². The number of anilines is 3. The molecule has 0 aliphatic heterocycles. The van der Waals surface area contributed by atoms with Crippen LogP contribution in [0.2, 0.25) is 0 Å². The zero-order valence-corrected chi connectivity index (χ0v) is 27.1. The van der Waals surface area contributed by atoms with E-state index in [1.54, 1.807) is 6.20 Å². The third-order valence-corrected chi connectivity index (χ3v) is 9.93. The summed E-state index contributed by atoms with van der Waals surface area (Å²) in [6.45, 7) is 0. The van der Waals surface area contributed by atoms with Gasteiger partial charge in [0.25, 0.3) is 0 Å². The maximum atomic E-state index is 6.31. The van der Waals surface area contributed by atoms with E-state index in [9.17, 15) is 0 Å². The van der Waals surface area contributed by atoms with Gasteiger partial charge in [-0.25, -0.2) is 0 Å². The molecule has 8 aromatic carbocycles. The van der Waals surface area contributed by atoms with Gasteiger partial charge < -0.3 is 9.32 Å². The summed E-state index contributed by atoms with van der Waals surface area (Å²) >= 11 is 0. The number of benzene rings is 8. The van der Waals surface area contributed by atoms with Gasteiger partial charge in [0.2, 0.25) is 0 Å². The number of rotatable bonds is 5. The summed E-state index contributed by atoms with van der Waals surface area (Å²) in [4.78, 5) is 6.79. The van der Waals surface area contributed by atoms with Gasteiger partial charge in [0, 0.05) is 29.2 Å². The first kappa shape index (κ1) is 28.3. The van der Waals surface area contributed by atoms with Crippen LogP contribution in [0.1, 0.15) is 0 Å². The van der Waals surface area contributed by atoms with E-state index in [-0.39, 0.29) is 0 Å². The fraction of sp³-hybridized carbons (Fsp3) is 0. The molecular formula is C47H30N2O. The lowest BCUT2D eigenvalue weighted by molar-refractivity contribution is 0.668. The molecule has 2 aromatic heterocycles. The Labute approximate surface area is 289 Å². The summed E-state index contributed by atoms with van der Waals surface area (Å²) in [5.41, 5.74) is 9.60. The average molecular weight is 639 g/mol. The third-order valence-electron chi connectivity index (χ3n) is 9.93. The minimum Gasteiger partial charge on any atom is -0.456 e. The van der Waals surface area contributed by atoms with Gasteiger partial charge in [-0.3, -0.25) is 4.98 Å². The highest BCUT2D eigenvalue weighted by Gasteiger charge is 2.20. The van der Waals surface area contributed by atoms with E-state index in [1.165, 1.54) is 54.6 Å². The molecule has 0 atom stereocenters. The number of furan rings is 1. The van der Waals surface area contributed by atoms with E-state index >= 15 is 0 Å². The standard InChI is InChI=1S/C47H30N2O/c1-2-9-31(10-3-1)32-17-22-36(23-18-32)49(43-15-8-16-45-47(43)42-30-48-28-27-44(42)50-45)37-24-19-34(20-25-37)41-29-35-12-5-6-13-38(35)40-26-21-33-11-4-7-14-39(33)46(40)41/h1-30H. The Balaban J connectivity index is 1.17. The van der Waals surface area contributed by atoms with Crippen molar-refractivity contribution in [3.8, 4) is 22.3 Å². The van der Waals surface area contributed by atoms with E-state index in [1.807, 2.05) is 18.3 Å². The molecule has 50 heavy (non-hydrogen) atoms. The van der Waals surface area contributed by atoms with Crippen LogP contribution in [-0.4, -0.2) is 4.98 Å². The van der Waals surface area contributed by atoms with Crippen LogP contribution in [-0.2, 0) is 0 Å². The number of fused-ring (bicyclic) bond motifs is 8. The first-order valence-electron chi connectivity index (χ1n) is 16.9. The van der Waals surface area contributed by atoms with Gasteiger partial charge >= 0.3 is 0 Å². The first-order valence-corrected chi connectivity index (χ1v) is 16.9. The van der Waals surface area contributed by atoms with Gasteiger partial charge in [-0.05, 0) is 103 Å². The SMILES string of the molecule is c1ccc(-c2ccc(N(c3ccc(-c4cc5ccccc5c5ccc6ccccc6c45)cc3)c3cccc4oc5ccncc5c34)cc2)cc1. The monoisotopic (exact) mass is 638 g/mol. The fourth-order valence-corrected chi connectivity index (χ4v) is 7.60. The van der Waals surface area contributed by atoms with Gasteiger partial charge in [-0.15, -0.1) is 0 Å². The highest BCUT2D eigenvalue weighted by molar-refractivity contribution is 6.23. The molecule has 0 bridgehead atoms. The molecule has 3 heteroatoms. The van der Waals surface area contributed by atoms with Gasteiger partial charge in [-0.1, -0.05) is 121 Å². The molecule has 0 unspecified atom stereocenters. The Morgan fingerprint density at radius 1 is 0.420 bits per heavy atom. The van der Waals surface area contributed by atoms with Crippen LogP contribution in [0.15, 0.2) is 187 Å². The molecule has 3 nitrogen and oxygen atoms in total. The van der Waals surface area contributed by atoms with Crippen molar-refractivity contribution < 1.29 is 4.42 Å². The van der Waals surface area contributed by atoms with Crippen molar-refractivity contribution in [1.29, 1.82) is 0 Å². The van der Waals surface area contributed by atoms with Crippen LogP contribution in [0.5, 0.6) is 0 Å². The van der Waals surface area contributed by atoms with E-state index in [2.05, 4.69) is 168 Å². The smallest absolute Gasteiger partial charge is 0.138 e. The summed E-state index contributed by atoms with van der Waals surface area (Å²) < 4.78 is 6.31. The van der Waals surface area contributed by atoms with Crippen molar-refractivity contribution >= 4 is 71.3 Å². The Morgan fingerprint density at radius 3 is 1.90 bits per heavy atom. The average Bonchev–Trinajstić information content (AvgIpc) is 3.58. The molecule has 234 valence electrons. The molecule has 0 saturated carbocycles. The van der Waals surface area contributed by atoms with Gasteiger partial charge in [0.15, 0.2) is 0 Å². The zero-order chi connectivity index (χ0) is 33.0. The number of aromatic nitrogens is 1. The van der Waals surface area contributed by atoms with Gasteiger partial charge in [-0.2, -0.15) is 0 Å². The van der Waals surface area contributed by atoms with Crippen molar-refractivity contribution in [2.24, 2.45) is 0 Å². The quantitative estimate of drug-likeness (QED) is 0.176. The molecule has 0 spiro atoms. The predicted molar refractivity (Wildman–Crippen MR) is 210 cm³/mol. The molecule has 2 heterocycles. The maximum Gasteiger partial charge on any atom is 0.138 e. The largest absolute Gasteiger partial charge is 0.456 e. The van der Waals surface area contributed by atoms with E-state index in [0.717, 1.165) is 39.0 Å². The highest BCUT2D eigenvalue weighted by Crippen LogP contribution is 2.44. The second-order valence-electron chi connectivity index (χ2n) is 12.8. The van der Waals surface area contributed by atoms with E-state index in [0.29, 0.717) is 0 Å². The lowest BCUT2D eigenvalue weighted by atomic mass is 9.90. The first-order chi connectivity index (χ1) is 24.8. The molecule has 0 aliphatic carbocycles. The lowest BCUT2D eigenvalue weighted by Gasteiger charge is -2.27. The Bertz CT molecular complexity index is 2850. The third kappa shape index (κ3) is 4.56. The van der Waals surface area contributed by atoms with Crippen LogP contribution in [0.3, 0.4) is 0 Å². The zero-order valence-electron chi connectivity index (χ0n) is 27.1. The van der Waals surface area contributed by atoms with Crippen molar-refractivity contribution in [1.82, 2.24) is 4.98 Å². The van der Waals surface area contributed by atoms with Crippen LogP contribution in [0.25, 0.3) is 76.5 Å². The molecule has 0 fully saturated rings. The van der Waals surface area contributed by atoms with Crippen LogP contribution in [0, 0.1) is 0 Å². The predicted octanol–water partition coefficient (Wildman–Crippen LogP) is 13.2. The van der Waals surface area contributed by atoms with Crippen molar-refractivity contribution in [3.63, 3.8) is 0 Å².